The second-order valence-electron chi connectivity index (χ2n) is 3.47. The molecule has 0 bridgehead atoms. The lowest BCUT2D eigenvalue weighted by atomic mass is 10.1. The van der Waals surface area contributed by atoms with Gasteiger partial charge < -0.3 is 5.11 Å². The summed E-state index contributed by atoms with van der Waals surface area (Å²) in [6, 6.07) is 6.78. The molecule has 0 aliphatic heterocycles. The Hall–Kier alpha value is -2.10. The highest BCUT2D eigenvalue weighted by atomic mass is 16.4. The second kappa shape index (κ2) is 4.18. The minimum absolute atomic E-state index is 0.298. The Morgan fingerprint density at radius 2 is 2.00 bits per heavy atom. The van der Waals surface area contributed by atoms with Gasteiger partial charge in [0.25, 0.3) is 0 Å². The summed E-state index contributed by atoms with van der Waals surface area (Å²) in [5, 5.41) is 12.9. The number of aromatic carboxylic acids is 1. The van der Waals surface area contributed by atoms with E-state index in [1.165, 1.54) is 0 Å². The number of hydrogen-bond acceptors (Lipinski definition) is 2. The molecule has 0 radical (unpaired) electrons. The van der Waals surface area contributed by atoms with Crippen LogP contribution in [0.1, 0.15) is 17.3 Å². The molecular weight excluding hydrogens is 204 g/mol. The van der Waals surface area contributed by atoms with E-state index in [9.17, 15) is 4.79 Å². The molecule has 1 heterocycles. The maximum Gasteiger partial charge on any atom is 0.335 e. The van der Waals surface area contributed by atoms with Crippen LogP contribution in [0, 0.1) is 0 Å². The minimum atomic E-state index is -0.907. The Labute approximate surface area is 93.1 Å². The van der Waals surface area contributed by atoms with Gasteiger partial charge in [-0.05, 0) is 24.6 Å². The summed E-state index contributed by atoms with van der Waals surface area (Å²) in [5.74, 6) is -0.907. The molecule has 2 aromatic rings. The van der Waals surface area contributed by atoms with Crippen LogP contribution in [-0.2, 0) is 6.54 Å². The lowest BCUT2D eigenvalue weighted by Crippen LogP contribution is -1.94. The zero-order chi connectivity index (χ0) is 11.5. The van der Waals surface area contributed by atoms with Crippen LogP contribution in [-0.4, -0.2) is 20.9 Å². The summed E-state index contributed by atoms with van der Waals surface area (Å²) >= 11 is 0. The molecule has 0 aliphatic rings. The molecular formula is C12H12N2O2. The van der Waals surface area contributed by atoms with E-state index in [2.05, 4.69) is 5.10 Å². The van der Waals surface area contributed by atoms with Gasteiger partial charge in [0.2, 0.25) is 0 Å². The smallest absolute Gasteiger partial charge is 0.335 e. The van der Waals surface area contributed by atoms with Crippen LogP contribution in [0.25, 0.3) is 11.1 Å². The van der Waals surface area contributed by atoms with Crippen molar-refractivity contribution in [3.8, 4) is 11.1 Å². The van der Waals surface area contributed by atoms with E-state index in [0.29, 0.717) is 5.56 Å². The molecule has 82 valence electrons. The summed E-state index contributed by atoms with van der Waals surface area (Å²) < 4.78 is 1.83. The Kier molecular flexibility index (Phi) is 2.72. The van der Waals surface area contributed by atoms with Crippen LogP contribution in [0.3, 0.4) is 0 Å². The fourth-order valence-electron chi connectivity index (χ4n) is 1.49. The Morgan fingerprint density at radius 1 is 1.31 bits per heavy atom. The topological polar surface area (TPSA) is 55.1 Å². The standard InChI is InChI=1S/C12H12N2O2/c1-2-14-8-11(7-13-14)9-3-5-10(6-4-9)12(15)16/h3-8H,2H2,1H3,(H,15,16). The highest BCUT2D eigenvalue weighted by molar-refractivity contribution is 5.88. The largest absolute Gasteiger partial charge is 0.478 e. The van der Waals surface area contributed by atoms with Gasteiger partial charge in [-0.3, -0.25) is 4.68 Å². The number of hydrogen-bond donors (Lipinski definition) is 1. The predicted molar refractivity (Wildman–Crippen MR) is 60.3 cm³/mol. The van der Waals surface area contributed by atoms with E-state index in [1.54, 1.807) is 30.5 Å². The quantitative estimate of drug-likeness (QED) is 0.856. The first kappa shape index (κ1) is 10.4. The summed E-state index contributed by atoms with van der Waals surface area (Å²) in [7, 11) is 0. The molecule has 0 aliphatic carbocycles. The number of aromatic nitrogens is 2. The summed E-state index contributed by atoms with van der Waals surface area (Å²) in [6.45, 7) is 2.84. The van der Waals surface area contributed by atoms with Crippen LogP contribution in [0.5, 0.6) is 0 Å². The van der Waals surface area contributed by atoms with Crippen LogP contribution >= 0.6 is 0 Å². The van der Waals surface area contributed by atoms with Crippen molar-refractivity contribution in [3.63, 3.8) is 0 Å². The molecule has 0 amide bonds. The number of rotatable bonds is 3. The van der Waals surface area contributed by atoms with Gasteiger partial charge in [-0.2, -0.15) is 5.10 Å². The van der Waals surface area contributed by atoms with Crippen molar-refractivity contribution in [2.75, 3.05) is 0 Å². The van der Waals surface area contributed by atoms with Gasteiger partial charge in [0, 0.05) is 18.3 Å². The molecule has 4 nitrogen and oxygen atoms in total. The molecule has 1 N–H and O–H groups in total. The monoisotopic (exact) mass is 216 g/mol. The number of carboxylic acid groups (broad SMARTS) is 1. The van der Waals surface area contributed by atoms with Crippen molar-refractivity contribution < 1.29 is 9.90 Å². The zero-order valence-corrected chi connectivity index (χ0v) is 8.92. The molecule has 0 fully saturated rings. The maximum atomic E-state index is 10.7. The van der Waals surface area contributed by atoms with Crippen molar-refractivity contribution in [1.82, 2.24) is 9.78 Å². The summed E-state index contributed by atoms with van der Waals surface area (Å²) in [4.78, 5) is 10.7. The normalized spacial score (nSPS) is 10.3. The third kappa shape index (κ3) is 1.95. The Bertz CT molecular complexity index is 500. The van der Waals surface area contributed by atoms with Crippen molar-refractivity contribution >= 4 is 5.97 Å². The van der Waals surface area contributed by atoms with E-state index in [-0.39, 0.29) is 0 Å². The van der Waals surface area contributed by atoms with Crippen molar-refractivity contribution in [2.24, 2.45) is 0 Å². The molecule has 0 unspecified atom stereocenters. The van der Waals surface area contributed by atoms with E-state index >= 15 is 0 Å². The van der Waals surface area contributed by atoms with Gasteiger partial charge in [-0.15, -0.1) is 0 Å². The summed E-state index contributed by atoms with van der Waals surface area (Å²) in [5.41, 5.74) is 2.27. The van der Waals surface area contributed by atoms with Gasteiger partial charge in [0.05, 0.1) is 11.8 Å². The first-order valence-electron chi connectivity index (χ1n) is 5.07. The lowest BCUT2D eigenvalue weighted by Gasteiger charge is -1.98. The fraction of sp³-hybridized carbons (Fsp3) is 0.167. The molecule has 0 spiro atoms. The van der Waals surface area contributed by atoms with Gasteiger partial charge in [0.15, 0.2) is 0 Å². The zero-order valence-electron chi connectivity index (χ0n) is 8.92. The van der Waals surface area contributed by atoms with Crippen molar-refractivity contribution in [1.29, 1.82) is 0 Å². The van der Waals surface area contributed by atoms with Crippen molar-refractivity contribution in [3.05, 3.63) is 42.2 Å². The summed E-state index contributed by atoms with van der Waals surface area (Å²) in [6.07, 6.45) is 3.72. The average Bonchev–Trinajstić information content (AvgIpc) is 2.77. The number of nitrogens with zero attached hydrogens (tertiary/aromatic N) is 2. The first-order valence-corrected chi connectivity index (χ1v) is 5.07. The molecule has 0 saturated heterocycles. The van der Waals surface area contributed by atoms with E-state index < -0.39 is 5.97 Å². The molecule has 2 rings (SSSR count). The fourth-order valence-corrected chi connectivity index (χ4v) is 1.49. The molecule has 0 saturated carbocycles. The third-order valence-electron chi connectivity index (χ3n) is 2.42. The molecule has 16 heavy (non-hydrogen) atoms. The highest BCUT2D eigenvalue weighted by Crippen LogP contribution is 2.18. The van der Waals surface area contributed by atoms with Gasteiger partial charge in [-0.1, -0.05) is 12.1 Å². The third-order valence-corrected chi connectivity index (χ3v) is 2.42. The van der Waals surface area contributed by atoms with Gasteiger partial charge in [-0.25, -0.2) is 4.79 Å². The second-order valence-corrected chi connectivity index (χ2v) is 3.47. The average molecular weight is 216 g/mol. The molecule has 1 aromatic carbocycles. The Balaban J connectivity index is 2.30. The van der Waals surface area contributed by atoms with E-state index in [4.69, 9.17) is 5.11 Å². The SMILES string of the molecule is CCn1cc(-c2ccc(C(=O)O)cc2)cn1. The van der Waals surface area contributed by atoms with Crippen LogP contribution in [0.2, 0.25) is 0 Å². The maximum absolute atomic E-state index is 10.7. The number of carbonyl (C=O) groups is 1. The van der Waals surface area contributed by atoms with E-state index in [0.717, 1.165) is 17.7 Å². The highest BCUT2D eigenvalue weighted by Gasteiger charge is 2.04. The van der Waals surface area contributed by atoms with E-state index in [1.807, 2.05) is 17.8 Å². The molecule has 4 heteroatoms. The number of aryl methyl sites for hydroxylation is 1. The van der Waals surface area contributed by atoms with Gasteiger partial charge >= 0.3 is 5.97 Å². The van der Waals surface area contributed by atoms with Gasteiger partial charge in [0.1, 0.15) is 0 Å². The lowest BCUT2D eigenvalue weighted by molar-refractivity contribution is 0.0697. The van der Waals surface area contributed by atoms with Crippen LogP contribution < -0.4 is 0 Å². The molecule has 1 aromatic heterocycles. The number of benzene rings is 1. The Morgan fingerprint density at radius 3 is 2.50 bits per heavy atom. The van der Waals surface area contributed by atoms with Crippen LogP contribution in [0.15, 0.2) is 36.7 Å². The minimum Gasteiger partial charge on any atom is -0.478 e. The van der Waals surface area contributed by atoms with Crippen molar-refractivity contribution in [2.45, 2.75) is 13.5 Å². The van der Waals surface area contributed by atoms with Crippen LogP contribution in [0.4, 0.5) is 0 Å². The molecule has 0 atom stereocenters. The number of carboxylic acids is 1. The first-order chi connectivity index (χ1) is 7.70. The predicted octanol–water partition coefficient (Wildman–Crippen LogP) is 2.27.